The minimum Gasteiger partial charge on any atom is -0.368 e. The molecule has 2 aromatic rings. The van der Waals surface area contributed by atoms with E-state index < -0.39 is 0 Å². The number of nitrogens with zero attached hydrogens (tertiary/aromatic N) is 4. The molecule has 0 atom stereocenters. The predicted octanol–water partition coefficient (Wildman–Crippen LogP) is 1.93. The lowest BCUT2D eigenvalue weighted by atomic mass is 10.2. The molecule has 0 aliphatic carbocycles. The second-order valence-corrected chi connectivity index (χ2v) is 3.97. The molecule has 1 aromatic carbocycles. The Bertz CT molecular complexity index is 551. The first kappa shape index (κ1) is 11.2. The van der Waals surface area contributed by atoms with Crippen LogP contribution in [0.1, 0.15) is 11.3 Å². The molecule has 1 aromatic heterocycles. The maximum atomic E-state index is 9.04. The molecule has 0 unspecified atom stereocenters. The summed E-state index contributed by atoms with van der Waals surface area (Å²) in [6.45, 7) is 0.694. The highest BCUT2D eigenvalue weighted by molar-refractivity contribution is 5.58. The summed E-state index contributed by atoms with van der Waals surface area (Å²) < 4.78 is 1.78. The van der Waals surface area contributed by atoms with Crippen LogP contribution in [0.4, 0.5) is 5.69 Å². The van der Waals surface area contributed by atoms with Gasteiger partial charge in [0, 0.05) is 20.3 Å². The van der Waals surface area contributed by atoms with E-state index in [4.69, 9.17) is 5.26 Å². The Morgan fingerprint density at radius 1 is 1.35 bits per heavy atom. The molecule has 1 heterocycles. The maximum Gasteiger partial charge on any atom is 0.101 e. The van der Waals surface area contributed by atoms with Gasteiger partial charge in [0.05, 0.1) is 23.5 Å². The van der Waals surface area contributed by atoms with Crippen molar-refractivity contribution in [3.8, 4) is 6.07 Å². The zero-order chi connectivity index (χ0) is 12.3. The molecule has 86 valence electrons. The Kier molecular flexibility index (Phi) is 3.10. The highest BCUT2D eigenvalue weighted by atomic mass is 15.3. The molecule has 0 aliphatic heterocycles. The van der Waals surface area contributed by atoms with Crippen molar-refractivity contribution in [2.24, 2.45) is 7.05 Å². The van der Waals surface area contributed by atoms with Gasteiger partial charge in [0.25, 0.3) is 0 Å². The average molecular weight is 226 g/mol. The summed E-state index contributed by atoms with van der Waals surface area (Å²) in [5.41, 5.74) is 2.61. The Labute approximate surface area is 101 Å². The van der Waals surface area contributed by atoms with Crippen molar-refractivity contribution in [3.05, 3.63) is 47.8 Å². The van der Waals surface area contributed by atoms with E-state index >= 15 is 0 Å². The van der Waals surface area contributed by atoms with E-state index in [1.807, 2.05) is 55.5 Å². The molecule has 0 aliphatic rings. The molecule has 4 nitrogen and oxygen atoms in total. The number of anilines is 1. The minimum atomic E-state index is 0.686. The summed E-state index contributed by atoms with van der Waals surface area (Å²) in [6.07, 6.45) is 1.92. The molecular weight excluding hydrogens is 212 g/mol. The third kappa shape index (κ3) is 2.45. The number of aromatic nitrogens is 2. The van der Waals surface area contributed by atoms with E-state index in [1.165, 1.54) is 0 Å². The van der Waals surface area contributed by atoms with Gasteiger partial charge in [-0.3, -0.25) is 4.68 Å². The molecule has 17 heavy (non-hydrogen) atoms. The van der Waals surface area contributed by atoms with Crippen LogP contribution in [-0.2, 0) is 13.6 Å². The third-order valence-corrected chi connectivity index (χ3v) is 2.60. The Morgan fingerprint density at radius 3 is 2.76 bits per heavy atom. The van der Waals surface area contributed by atoms with Gasteiger partial charge in [0.2, 0.25) is 0 Å². The van der Waals surface area contributed by atoms with Crippen molar-refractivity contribution < 1.29 is 0 Å². The number of rotatable bonds is 3. The van der Waals surface area contributed by atoms with E-state index in [0.717, 1.165) is 11.4 Å². The highest BCUT2D eigenvalue weighted by Crippen LogP contribution is 2.19. The quantitative estimate of drug-likeness (QED) is 0.803. The molecule has 4 heteroatoms. The second-order valence-electron chi connectivity index (χ2n) is 3.97. The summed E-state index contributed by atoms with van der Waals surface area (Å²) in [6, 6.07) is 11.8. The molecule has 0 fully saturated rings. The van der Waals surface area contributed by atoms with E-state index in [0.29, 0.717) is 12.1 Å². The first-order valence-corrected chi connectivity index (χ1v) is 5.39. The van der Waals surface area contributed by atoms with Crippen LogP contribution >= 0.6 is 0 Å². The van der Waals surface area contributed by atoms with Gasteiger partial charge >= 0.3 is 0 Å². The van der Waals surface area contributed by atoms with Crippen molar-refractivity contribution in [1.29, 1.82) is 5.26 Å². The van der Waals surface area contributed by atoms with Crippen molar-refractivity contribution in [1.82, 2.24) is 9.78 Å². The molecule has 0 spiro atoms. The summed E-state index contributed by atoms with van der Waals surface area (Å²) in [5.74, 6) is 0. The minimum absolute atomic E-state index is 0.686. The topological polar surface area (TPSA) is 44.9 Å². The fourth-order valence-corrected chi connectivity index (χ4v) is 1.78. The standard InChI is InChI=1S/C13H14N4/c1-16(10-12-7-8-17(2)15-12)13-6-4-3-5-11(13)9-14/h3-8H,10H2,1-2H3. The Morgan fingerprint density at radius 2 is 2.12 bits per heavy atom. The number of para-hydroxylation sites is 1. The van der Waals surface area contributed by atoms with Gasteiger partial charge in [-0.05, 0) is 18.2 Å². The highest BCUT2D eigenvalue weighted by Gasteiger charge is 2.08. The second kappa shape index (κ2) is 4.71. The van der Waals surface area contributed by atoms with Crippen LogP contribution in [0.5, 0.6) is 0 Å². The van der Waals surface area contributed by atoms with Crippen LogP contribution < -0.4 is 4.90 Å². The molecule has 0 amide bonds. The van der Waals surface area contributed by atoms with Crippen LogP contribution in [-0.4, -0.2) is 16.8 Å². The monoisotopic (exact) mass is 226 g/mol. The van der Waals surface area contributed by atoms with E-state index in [9.17, 15) is 0 Å². The van der Waals surface area contributed by atoms with Gasteiger partial charge < -0.3 is 4.90 Å². The van der Waals surface area contributed by atoms with Crippen LogP contribution in [0, 0.1) is 11.3 Å². The van der Waals surface area contributed by atoms with Crippen molar-refractivity contribution in [3.63, 3.8) is 0 Å². The van der Waals surface area contributed by atoms with Crippen LogP contribution in [0.15, 0.2) is 36.5 Å². The summed E-state index contributed by atoms with van der Waals surface area (Å²) in [5, 5.41) is 13.4. The lowest BCUT2D eigenvalue weighted by Gasteiger charge is -2.19. The number of hydrogen-bond donors (Lipinski definition) is 0. The van der Waals surface area contributed by atoms with Gasteiger partial charge in [-0.1, -0.05) is 12.1 Å². The zero-order valence-corrected chi connectivity index (χ0v) is 9.96. The van der Waals surface area contributed by atoms with Gasteiger partial charge in [0.15, 0.2) is 0 Å². The smallest absolute Gasteiger partial charge is 0.101 e. The molecular formula is C13H14N4. The lowest BCUT2D eigenvalue weighted by Crippen LogP contribution is -2.17. The molecule has 0 N–H and O–H groups in total. The van der Waals surface area contributed by atoms with Crippen LogP contribution in [0.3, 0.4) is 0 Å². The SMILES string of the molecule is CN(Cc1ccn(C)n1)c1ccccc1C#N. The fourth-order valence-electron chi connectivity index (χ4n) is 1.78. The Balaban J connectivity index is 2.20. The van der Waals surface area contributed by atoms with Gasteiger partial charge in [-0.25, -0.2) is 0 Å². The van der Waals surface area contributed by atoms with Crippen molar-refractivity contribution in [2.45, 2.75) is 6.54 Å². The van der Waals surface area contributed by atoms with Crippen molar-refractivity contribution >= 4 is 5.69 Å². The number of benzene rings is 1. The van der Waals surface area contributed by atoms with Crippen LogP contribution in [0.25, 0.3) is 0 Å². The molecule has 0 bridgehead atoms. The van der Waals surface area contributed by atoms with Gasteiger partial charge in [0.1, 0.15) is 6.07 Å². The lowest BCUT2D eigenvalue weighted by molar-refractivity contribution is 0.734. The predicted molar refractivity (Wildman–Crippen MR) is 66.5 cm³/mol. The van der Waals surface area contributed by atoms with Gasteiger partial charge in [-0.2, -0.15) is 10.4 Å². The molecule has 0 saturated carbocycles. The maximum absolute atomic E-state index is 9.04. The third-order valence-electron chi connectivity index (χ3n) is 2.60. The van der Waals surface area contributed by atoms with Gasteiger partial charge in [-0.15, -0.1) is 0 Å². The van der Waals surface area contributed by atoms with Crippen LogP contribution in [0.2, 0.25) is 0 Å². The first-order valence-electron chi connectivity index (χ1n) is 5.39. The van der Waals surface area contributed by atoms with Crippen molar-refractivity contribution in [2.75, 3.05) is 11.9 Å². The van der Waals surface area contributed by atoms with E-state index in [-0.39, 0.29) is 0 Å². The summed E-state index contributed by atoms with van der Waals surface area (Å²) in [4.78, 5) is 2.03. The Hall–Kier alpha value is -2.28. The molecule has 2 rings (SSSR count). The van der Waals surface area contributed by atoms with E-state index in [1.54, 1.807) is 4.68 Å². The zero-order valence-electron chi connectivity index (χ0n) is 9.96. The molecule has 0 radical (unpaired) electrons. The normalized spacial score (nSPS) is 9.94. The largest absolute Gasteiger partial charge is 0.368 e. The number of aryl methyl sites for hydroxylation is 1. The van der Waals surface area contributed by atoms with E-state index in [2.05, 4.69) is 11.2 Å². The number of nitriles is 1. The fraction of sp³-hybridized carbons (Fsp3) is 0.231. The first-order chi connectivity index (χ1) is 8.20. The molecule has 0 saturated heterocycles. The average Bonchev–Trinajstić information content (AvgIpc) is 2.74. The summed E-state index contributed by atoms with van der Waals surface area (Å²) >= 11 is 0. The summed E-state index contributed by atoms with van der Waals surface area (Å²) in [7, 11) is 3.86. The number of hydrogen-bond acceptors (Lipinski definition) is 3.